The number of benzene rings is 2. The Bertz CT molecular complexity index is 1310. The predicted octanol–water partition coefficient (Wildman–Crippen LogP) is 10.8. The van der Waals surface area contributed by atoms with Crippen LogP contribution >= 0.6 is 0 Å². The lowest BCUT2D eigenvalue weighted by Crippen LogP contribution is -2.55. The number of carbonyl (C=O) groups is 1. The lowest BCUT2D eigenvalue weighted by atomic mass is 9.46. The molecule has 2 nitrogen and oxygen atoms in total. The summed E-state index contributed by atoms with van der Waals surface area (Å²) in [4.78, 5) is 14.1. The van der Waals surface area contributed by atoms with Gasteiger partial charge in [-0.2, -0.15) is 0 Å². The molecule has 6 rings (SSSR count). The van der Waals surface area contributed by atoms with Gasteiger partial charge in [0.15, 0.2) is 5.78 Å². The number of Topliss-reactive ketones (excluding diaryl/α,β-unsaturated/α-hetero) is 1. The van der Waals surface area contributed by atoms with E-state index >= 15 is 0 Å². The summed E-state index contributed by atoms with van der Waals surface area (Å²) < 4.78 is 0. The first-order valence-electron chi connectivity index (χ1n) is 18.2. The van der Waals surface area contributed by atoms with Crippen molar-refractivity contribution in [2.45, 2.75) is 124 Å². The highest BCUT2D eigenvalue weighted by Gasteiger charge is 2.59. The Morgan fingerprint density at radius 1 is 0.886 bits per heavy atom. The molecular formula is C42H59NO. The topological polar surface area (TPSA) is 29.1 Å². The third-order valence-electron chi connectivity index (χ3n) is 13.6. The van der Waals surface area contributed by atoms with Gasteiger partial charge >= 0.3 is 0 Å². The molecule has 0 bridgehead atoms. The van der Waals surface area contributed by atoms with E-state index in [2.05, 4.69) is 77.2 Å². The lowest BCUT2D eigenvalue weighted by molar-refractivity contribution is -0.0519. The molecule has 0 aliphatic heterocycles. The van der Waals surface area contributed by atoms with Crippen molar-refractivity contribution in [2.75, 3.05) is 0 Å². The maximum absolute atomic E-state index is 14.1. The van der Waals surface area contributed by atoms with E-state index in [1.807, 2.05) is 36.4 Å². The van der Waals surface area contributed by atoms with Crippen LogP contribution in [0.15, 0.2) is 72.3 Å². The molecule has 9 atom stereocenters. The summed E-state index contributed by atoms with van der Waals surface area (Å²) >= 11 is 0. The summed E-state index contributed by atoms with van der Waals surface area (Å²) in [5, 5.41) is 3.96. The second-order valence-electron chi connectivity index (χ2n) is 16.6. The first kappa shape index (κ1) is 31.8. The Balaban J connectivity index is 1.18. The Labute approximate surface area is 268 Å². The van der Waals surface area contributed by atoms with Gasteiger partial charge in [0.2, 0.25) is 0 Å². The minimum atomic E-state index is -0.754. The fourth-order valence-electron chi connectivity index (χ4n) is 11.1. The average Bonchev–Trinajstić information content (AvgIpc) is 3.39. The van der Waals surface area contributed by atoms with Crippen LogP contribution in [0.3, 0.4) is 0 Å². The van der Waals surface area contributed by atoms with Crippen LogP contribution < -0.4 is 5.32 Å². The fourth-order valence-corrected chi connectivity index (χ4v) is 11.1. The molecule has 0 heterocycles. The molecule has 238 valence electrons. The van der Waals surface area contributed by atoms with Crippen molar-refractivity contribution in [3.8, 4) is 0 Å². The normalized spacial score (nSPS) is 35.2. The zero-order valence-electron chi connectivity index (χ0n) is 28.6. The summed E-state index contributed by atoms with van der Waals surface area (Å²) in [6.07, 6.45) is 17.4. The first-order valence-corrected chi connectivity index (χ1v) is 18.2. The van der Waals surface area contributed by atoms with E-state index in [0.717, 1.165) is 59.5 Å². The molecule has 1 N–H and O–H groups in total. The van der Waals surface area contributed by atoms with Crippen LogP contribution in [0.4, 0.5) is 0 Å². The van der Waals surface area contributed by atoms with Gasteiger partial charge in [0.25, 0.3) is 0 Å². The molecule has 0 amide bonds. The molecule has 2 heteroatoms. The number of nitrogens with one attached hydrogen (secondary N) is 1. The molecule has 4 aliphatic rings. The van der Waals surface area contributed by atoms with Gasteiger partial charge in [-0.25, -0.2) is 0 Å². The number of rotatable bonds is 10. The molecule has 1 unspecified atom stereocenters. The highest BCUT2D eigenvalue weighted by molar-refractivity contribution is 6.03. The molecule has 2 aromatic rings. The van der Waals surface area contributed by atoms with Crippen LogP contribution in [0.1, 0.15) is 128 Å². The second-order valence-corrected chi connectivity index (χ2v) is 16.6. The van der Waals surface area contributed by atoms with Crippen LogP contribution in [-0.2, 0) is 5.54 Å². The summed E-state index contributed by atoms with van der Waals surface area (Å²) in [6, 6.07) is 20.6. The van der Waals surface area contributed by atoms with Gasteiger partial charge in [0, 0.05) is 11.6 Å². The van der Waals surface area contributed by atoms with Gasteiger partial charge < -0.3 is 0 Å². The molecule has 4 aliphatic carbocycles. The van der Waals surface area contributed by atoms with Crippen molar-refractivity contribution in [1.82, 2.24) is 5.32 Å². The quantitative estimate of drug-likeness (QED) is 0.219. The minimum Gasteiger partial charge on any atom is -0.298 e. The van der Waals surface area contributed by atoms with E-state index in [9.17, 15) is 4.79 Å². The van der Waals surface area contributed by atoms with Crippen LogP contribution in [-0.4, -0.2) is 11.8 Å². The summed E-state index contributed by atoms with van der Waals surface area (Å²) in [6.45, 7) is 14.8. The average molecular weight is 594 g/mol. The first-order chi connectivity index (χ1) is 21.1. The molecular weight excluding hydrogens is 534 g/mol. The number of hydrogen-bond acceptors (Lipinski definition) is 2. The molecule has 2 aromatic carbocycles. The third kappa shape index (κ3) is 5.67. The molecule has 3 fully saturated rings. The molecule has 44 heavy (non-hydrogen) atoms. The fraction of sp³-hybridized carbons (Fsp3) is 0.643. The number of fused-ring (bicyclic) bond motifs is 5. The van der Waals surface area contributed by atoms with Gasteiger partial charge in [-0.1, -0.05) is 126 Å². The van der Waals surface area contributed by atoms with E-state index in [4.69, 9.17) is 0 Å². The van der Waals surface area contributed by atoms with E-state index in [-0.39, 0.29) is 5.78 Å². The van der Waals surface area contributed by atoms with Gasteiger partial charge in [0.1, 0.15) is 5.54 Å². The molecule has 3 saturated carbocycles. The zero-order chi connectivity index (χ0) is 31.1. The van der Waals surface area contributed by atoms with Crippen molar-refractivity contribution in [3.63, 3.8) is 0 Å². The molecule has 0 radical (unpaired) electrons. The monoisotopic (exact) mass is 593 g/mol. The van der Waals surface area contributed by atoms with Gasteiger partial charge in [-0.3, -0.25) is 10.1 Å². The Kier molecular flexibility index (Phi) is 9.06. The molecule has 0 aromatic heterocycles. The predicted molar refractivity (Wildman–Crippen MR) is 185 cm³/mol. The summed E-state index contributed by atoms with van der Waals surface area (Å²) in [7, 11) is 0. The van der Waals surface area contributed by atoms with E-state index in [1.54, 1.807) is 5.57 Å². The Hall–Kier alpha value is -2.19. The van der Waals surface area contributed by atoms with E-state index < -0.39 is 5.54 Å². The highest BCUT2D eigenvalue weighted by Crippen LogP contribution is 2.67. The second kappa shape index (κ2) is 12.5. The largest absolute Gasteiger partial charge is 0.298 e. The number of ketones is 1. The maximum Gasteiger partial charge on any atom is 0.187 e. The Morgan fingerprint density at radius 2 is 1.59 bits per heavy atom. The Morgan fingerprint density at radius 3 is 2.30 bits per heavy atom. The van der Waals surface area contributed by atoms with Crippen LogP contribution in [0.5, 0.6) is 0 Å². The van der Waals surface area contributed by atoms with Crippen LogP contribution in [0, 0.1) is 46.3 Å². The SMILES string of the molecule is CC(C)CCC[C@@H](C)[C@H]1CC[C@H]2[C@@H]3CC=C4C[C@@H](NC(C)(C(=O)c5ccccc5)c5ccccc5)CC[C@]4(C)[C@H]3CC[C@]12C. The van der Waals surface area contributed by atoms with E-state index in [0.29, 0.717) is 16.9 Å². The van der Waals surface area contributed by atoms with Crippen LogP contribution in [0.2, 0.25) is 0 Å². The van der Waals surface area contributed by atoms with Crippen molar-refractivity contribution in [3.05, 3.63) is 83.4 Å². The summed E-state index contributed by atoms with van der Waals surface area (Å²) in [5.74, 6) is 5.35. The smallest absolute Gasteiger partial charge is 0.187 e. The van der Waals surface area contributed by atoms with Crippen LogP contribution in [0.25, 0.3) is 0 Å². The maximum atomic E-state index is 14.1. The highest BCUT2D eigenvalue weighted by atomic mass is 16.1. The van der Waals surface area contributed by atoms with Crippen molar-refractivity contribution in [1.29, 1.82) is 0 Å². The van der Waals surface area contributed by atoms with Crippen molar-refractivity contribution in [2.24, 2.45) is 46.3 Å². The molecule has 0 spiro atoms. The minimum absolute atomic E-state index is 0.163. The third-order valence-corrected chi connectivity index (χ3v) is 13.6. The number of allylic oxidation sites excluding steroid dienone is 1. The van der Waals surface area contributed by atoms with Gasteiger partial charge in [-0.05, 0) is 110 Å². The van der Waals surface area contributed by atoms with Gasteiger partial charge in [-0.15, -0.1) is 0 Å². The number of carbonyl (C=O) groups excluding carboxylic acids is 1. The van der Waals surface area contributed by atoms with Gasteiger partial charge in [0.05, 0.1) is 0 Å². The van der Waals surface area contributed by atoms with E-state index in [1.165, 1.54) is 57.8 Å². The standard InChI is InChI=1S/C42H59NO/c1-29(2)14-13-15-30(3)36-22-23-37-35-21-20-33-28-34(24-26-40(33,4)38(35)25-27-41(36,37)5)43-42(6,32-18-11-8-12-19-32)39(44)31-16-9-7-10-17-31/h7-12,16-20,29-30,34-38,43H,13-15,21-28H2,1-6H3/t30-,34+,35+,36-,37+,38+,40+,41-,42?/m1/s1. The van der Waals surface area contributed by atoms with Crippen molar-refractivity contribution < 1.29 is 4.79 Å². The lowest BCUT2D eigenvalue weighted by Gasteiger charge is -2.59. The number of hydrogen-bond donors (Lipinski definition) is 1. The summed E-state index contributed by atoms with van der Waals surface area (Å²) in [5.41, 5.74) is 3.62. The zero-order valence-corrected chi connectivity index (χ0v) is 28.6. The molecule has 0 saturated heterocycles. The van der Waals surface area contributed by atoms with Crippen molar-refractivity contribution >= 4 is 5.78 Å².